The van der Waals surface area contributed by atoms with Gasteiger partial charge in [0.2, 0.25) is 0 Å². The van der Waals surface area contributed by atoms with Crippen molar-refractivity contribution < 1.29 is 4.74 Å². The Hall–Kier alpha value is -1.32. The Kier molecular flexibility index (Phi) is 5.43. The second-order valence-electron chi connectivity index (χ2n) is 4.80. The topological polar surface area (TPSA) is 26.2 Å². The van der Waals surface area contributed by atoms with Gasteiger partial charge in [-0.15, -0.1) is 0 Å². The molecule has 2 aromatic rings. The predicted molar refractivity (Wildman–Crippen MR) is 80.4 cm³/mol. The molecule has 1 aromatic heterocycles. The molecular formula is C16H24N2O. The Bertz CT molecular complexity index is 504. The minimum Gasteiger partial charge on any atom is -0.380 e. The molecule has 0 aliphatic carbocycles. The zero-order valence-corrected chi connectivity index (χ0v) is 12.0. The Balaban J connectivity index is 2.06. The van der Waals surface area contributed by atoms with Crippen LogP contribution < -0.4 is 5.32 Å². The fourth-order valence-corrected chi connectivity index (χ4v) is 2.21. The summed E-state index contributed by atoms with van der Waals surface area (Å²) in [4.78, 5) is 0. The summed E-state index contributed by atoms with van der Waals surface area (Å²) in [6, 6.07) is 8.85. The molecule has 0 bridgehead atoms. The Morgan fingerprint density at radius 1 is 1.16 bits per heavy atom. The maximum atomic E-state index is 5.57. The molecule has 3 heteroatoms. The first kappa shape index (κ1) is 14.1. The number of aromatic nitrogens is 1. The van der Waals surface area contributed by atoms with Gasteiger partial charge >= 0.3 is 0 Å². The van der Waals surface area contributed by atoms with Gasteiger partial charge in [-0.3, -0.25) is 0 Å². The summed E-state index contributed by atoms with van der Waals surface area (Å²) in [6.45, 7) is 8.77. The molecule has 0 unspecified atom stereocenters. The molecule has 0 spiro atoms. The molecule has 0 saturated heterocycles. The maximum Gasteiger partial charge on any atom is 0.0645 e. The number of hydrogen-bond acceptors (Lipinski definition) is 2. The van der Waals surface area contributed by atoms with Crippen molar-refractivity contribution in [2.45, 2.75) is 33.4 Å². The largest absolute Gasteiger partial charge is 0.380 e. The van der Waals surface area contributed by atoms with E-state index in [1.807, 2.05) is 0 Å². The van der Waals surface area contributed by atoms with Gasteiger partial charge in [0.25, 0.3) is 0 Å². The van der Waals surface area contributed by atoms with E-state index >= 15 is 0 Å². The molecule has 1 N–H and O–H groups in total. The first-order valence-electron chi connectivity index (χ1n) is 7.21. The van der Waals surface area contributed by atoms with Crippen LogP contribution in [0.4, 0.5) is 0 Å². The number of hydrogen-bond donors (Lipinski definition) is 1. The van der Waals surface area contributed by atoms with Gasteiger partial charge in [-0.2, -0.15) is 0 Å². The summed E-state index contributed by atoms with van der Waals surface area (Å²) < 4.78 is 7.85. The first-order chi connectivity index (χ1) is 9.35. The van der Waals surface area contributed by atoms with Gasteiger partial charge in [-0.25, -0.2) is 0 Å². The van der Waals surface area contributed by atoms with Crippen LogP contribution in [-0.2, 0) is 17.8 Å². The molecule has 0 aliphatic heterocycles. The second-order valence-corrected chi connectivity index (χ2v) is 4.80. The standard InChI is InChI=1S/C16H24N2O/c1-3-10-19-11-9-18-8-7-15-6-5-14(12-16(15)18)13-17-4-2/h5-8,12,17H,3-4,9-11,13H2,1-2H3. The highest BCUT2D eigenvalue weighted by molar-refractivity contribution is 5.80. The monoisotopic (exact) mass is 260 g/mol. The molecule has 0 fully saturated rings. The number of rotatable bonds is 8. The van der Waals surface area contributed by atoms with E-state index in [9.17, 15) is 0 Å². The van der Waals surface area contributed by atoms with E-state index in [-0.39, 0.29) is 0 Å². The van der Waals surface area contributed by atoms with Gasteiger partial charge in [-0.1, -0.05) is 26.0 Å². The van der Waals surface area contributed by atoms with Gasteiger partial charge in [-0.05, 0) is 36.0 Å². The van der Waals surface area contributed by atoms with E-state index in [1.54, 1.807) is 0 Å². The van der Waals surface area contributed by atoms with Crippen molar-refractivity contribution in [2.24, 2.45) is 0 Å². The van der Waals surface area contributed by atoms with Crippen LogP contribution in [0.2, 0.25) is 0 Å². The van der Waals surface area contributed by atoms with Crippen molar-refractivity contribution in [3.05, 3.63) is 36.0 Å². The van der Waals surface area contributed by atoms with Crippen molar-refractivity contribution in [3.63, 3.8) is 0 Å². The molecule has 2 rings (SSSR count). The normalized spacial score (nSPS) is 11.3. The molecule has 0 amide bonds. The lowest BCUT2D eigenvalue weighted by molar-refractivity contribution is 0.127. The van der Waals surface area contributed by atoms with E-state index in [2.05, 4.69) is 54.2 Å². The first-order valence-corrected chi connectivity index (χ1v) is 7.21. The lowest BCUT2D eigenvalue weighted by Gasteiger charge is -2.08. The van der Waals surface area contributed by atoms with Crippen molar-refractivity contribution in [3.8, 4) is 0 Å². The van der Waals surface area contributed by atoms with Crippen molar-refractivity contribution in [1.82, 2.24) is 9.88 Å². The fraction of sp³-hybridized carbons (Fsp3) is 0.500. The Labute approximate surface area is 115 Å². The predicted octanol–water partition coefficient (Wildman–Crippen LogP) is 3.18. The number of fused-ring (bicyclic) bond motifs is 1. The summed E-state index contributed by atoms with van der Waals surface area (Å²) in [6.07, 6.45) is 3.23. The van der Waals surface area contributed by atoms with Crippen LogP contribution >= 0.6 is 0 Å². The number of ether oxygens (including phenoxy) is 1. The van der Waals surface area contributed by atoms with Gasteiger partial charge in [0.1, 0.15) is 0 Å². The Morgan fingerprint density at radius 2 is 2.05 bits per heavy atom. The van der Waals surface area contributed by atoms with Gasteiger partial charge in [0.15, 0.2) is 0 Å². The molecular weight excluding hydrogens is 236 g/mol. The highest BCUT2D eigenvalue weighted by Gasteiger charge is 2.02. The van der Waals surface area contributed by atoms with E-state index in [0.29, 0.717) is 0 Å². The lowest BCUT2D eigenvalue weighted by Crippen LogP contribution is -2.11. The van der Waals surface area contributed by atoms with Gasteiger partial charge in [0, 0.05) is 31.4 Å². The minimum atomic E-state index is 0.787. The lowest BCUT2D eigenvalue weighted by atomic mass is 10.1. The van der Waals surface area contributed by atoms with Crippen LogP contribution in [0.15, 0.2) is 30.5 Å². The molecule has 0 atom stereocenters. The minimum absolute atomic E-state index is 0.787. The van der Waals surface area contributed by atoms with Crippen LogP contribution in [0.25, 0.3) is 10.9 Å². The molecule has 3 nitrogen and oxygen atoms in total. The van der Waals surface area contributed by atoms with Crippen LogP contribution in [0, 0.1) is 0 Å². The highest BCUT2D eigenvalue weighted by atomic mass is 16.5. The van der Waals surface area contributed by atoms with Crippen LogP contribution in [-0.4, -0.2) is 24.3 Å². The third kappa shape index (κ3) is 3.82. The number of nitrogens with zero attached hydrogens (tertiary/aromatic N) is 1. The highest BCUT2D eigenvalue weighted by Crippen LogP contribution is 2.17. The van der Waals surface area contributed by atoms with Gasteiger partial charge < -0.3 is 14.6 Å². The van der Waals surface area contributed by atoms with Gasteiger partial charge in [0.05, 0.1) is 6.61 Å². The molecule has 1 heterocycles. The molecule has 104 valence electrons. The van der Waals surface area contributed by atoms with Crippen LogP contribution in [0.3, 0.4) is 0 Å². The third-order valence-corrected chi connectivity index (χ3v) is 3.24. The van der Waals surface area contributed by atoms with Crippen molar-refractivity contribution >= 4 is 10.9 Å². The maximum absolute atomic E-state index is 5.57. The van der Waals surface area contributed by atoms with Crippen molar-refractivity contribution in [2.75, 3.05) is 19.8 Å². The van der Waals surface area contributed by atoms with Crippen molar-refractivity contribution in [1.29, 1.82) is 0 Å². The molecule has 1 aromatic carbocycles. The summed E-state index contributed by atoms with van der Waals surface area (Å²) in [5, 5.41) is 4.67. The summed E-state index contributed by atoms with van der Waals surface area (Å²) in [5.41, 5.74) is 2.64. The van der Waals surface area contributed by atoms with Crippen LogP contribution in [0.5, 0.6) is 0 Å². The summed E-state index contributed by atoms with van der Waals surface area (Å²) in [5.74, 6) is 0. The quantitative estimate of drug-likeness (QED) is 0.738. The number of benzene rings is 1. The smallest absolute Gasteiger partial charge is 0.0645 e. The molecule has 19 heavy (non-hydrogen) atoms. The van der Waals surface area contributed by atoms with E-state index in [1.165, 1.54) is 16.5 Å². The SMILES string of the molecule is CCCOCCn1ccc2ccc(CNCC)cc21. The van der Waals surface area contributed by atoms with E-state index in [0.717, 1.165) is 39.3 Å². The molecule has 0 radical (unpaired) electrons. The number of nitrogens with one attached hydrogen (secondary N) is 1. The molecule has 0 aliphatic rings. The van der Waals surface area contributed by atoms with E-state index in [4.69, 9.17) is 4.74 Å². The zero-order valence-electron chi connectivity index (χ0n) is 12.0. The summed E-state index contributed by atoms with van der Waals surface area (Å²) in [7, 11) is 0. The summed E-state index contributed by atoms with van der Waals surface area (Å²) >= 11 is 0. The third-order valence-electron chi connectivity index (χ3n) is 3.24. The zero-order chi connectivity index (χ0) is 13.5. The average Bonchev–Trinajstić information content (AvgIpc) is 2.84. The average molecular weight is 260 g/mol. The molecule has 0 saturated carbocycles. The van der Waals surface area contributed by atoms with E-state index < -0.39 is 0 Å². The fourth-order valence-electron chi connectivity index (χ4n) is 2.21. The van der Waals surface area contributed by atoms with Crippen LogP contribution in [0.1, 0.15) is 25.8 Å². The second kappa shape index (κ2) is 7.31. The Morgan fingerprint density at radius 3 is 2.84 bits per heavy atom.